The summed E-state index contributed by atoms with van der Waals surface area (Å²) < 4.78 is 36.9. The molecule has 2 aromatic carbocycles. The van der Waals surface area contributed by atoms with E-state index in [-0.39, 0.29) is 23.9 Å². The number of aryl methyl sites for hydroxylation is 1. The molecule has 180 valence electrons. The topological polar surface area (TPSA) is 105 Å². The number of ether oxygens (including phenoxy) is 2. The normalized spacial score (nSPS) is 11.9. The third-order valence-electron chi connectivity index (χ3n) is 5.22. The van der Waals surface area contributed by atoms with E-state index in [0.29, 0.717) is 5.75 Å². The third kappa shape index (κ3) is 6.61. The van der Waals surface area contributed by atoms with Crippen molar-refractivity contribution in [2.75, 3.05) is 38.4 Å². The molecule has 9 nitrogen and oxygen atoms in total. The first-order valence-electron chi connectivity index (χ1n) is 10.3. The van der Waals surface area contributed by atoms with Gasteiger partial charge in [-0.05, 0) is 31.5 Å². The van der Waals surface area contributed by atoms with Crippen molar-refractivity contribution in [2.45, 2.75) is 26.4 Å². The number of methoxy groups -OCH3 is 2. The van der Waals surface area contributed by atoms with Gasteiger partial charge in [-0.2, -0.15) is 0 Å². The van der Waals surface area contributed by atoms with Crippen molar-refractivity contribution in [3.63, 3.8) is 0 Å². The van der Waals surface area contributed by atoms with Crippen molar-refractivity contribution in [3.05, 3.63) is 53.6 Å². The Morgan fingerprint density at radius 1 is 1.06 bits per heavy atom. The van der Waals surface area contributed by atoms with Crippen LogP contribution in [0.25, 0.3) is 0 Å². The van der Waals surface area contributed by atoms with Crippen LogP contribution in [0.15, 0.2) is 42.5 Å². The summed E-state index contributed by atoms with van der Waals surface area (Å²) in [6.07, 6.45) is 1.01. The van der Waals surface area contributed by atoms with Gasteiger partial charge in [0.15, 0.2) is 0 Å². The Balaban J connectivity index is 2.46. The average molecular weight is 478 g/mol. The van der Waals surface area contributed by atoms with Gasteiger partial charge in [0.25, 0.3) is 0 Å². The summed E-state index contributed by atoms with van der Waals surface area (Å²) in [5, 5.41) is 2.54. The van der Waals surface area contributed by atoms with Crippen molar-refractivity contribution < 1.29 is 27.5 Å². The van der Waals surface area contributed by atoms with Gasteiger partial charge in [0.05, 0.1) is 26.2 Å². The zero-order valence-electron chi connectivity index (χ0n) is 19.8. The molecule has 2 aromatic rings. The van der Waals surface area contributed by atoms with Gasteiger partial charge in [-0.15, -0.1) is 0 Å². The number of sulfonamides is 1. The quantitative estimate of drug-likeness (QED) is 0.561. The Bertz CT molecular complexity index is 1090. The highest BCUT2D eigenvalue weighted by molar-refractivity contribution is 7.92. The maximum Gasteiger partial charge on any atom is 0.244 e. The molecule has 2 amide bonds. The van der Waals surface area contributed by atoms with Gasteiger partial charge in [-0.1, -0.05) is 29.8 Å². The number of nitrogens with one attached hydrogen (secondary N) is 1. The van der Waals surface area contributed by atoms with Crippen LogP contribution in [0.4, 0.5) is 5.69 Å². The lowest BCUT2D eigenvalue weighted by molar-refractivity contribution is -0.139. The second kappa shape index (κ2) is 11.0. The first kappa shape index (κ1) is 26.0. The molecule has 0 aliphatic rings. The molecule has 1 N–H and O–H groups in total. The molecular weight excluding hydrogens is 446 g/mol. The SMILES string of the molecule is CNC(=O)C(C)N(Cc1ccc(C)cc1)C(=O)CN(c1cc(OC)ccc1OC)S(C)(=O)=O. The number of rotatable bonds is 10. The van der Waals surface area contributed by atoms with E-state index >= 15 is 0 Å². The Labute approximate surface area is 195 Å². The standard InChI is InChI=1S/C23H31N3O6S/c1-16-7-9-18(10-8-16)14-25(17(2)23(28)24-3)22(27)15-26(33(6,29)30)20-13-19(31-4)11-12-21(20)32-5/h7-13,17H,14-15H2,1-6H3,(H,24,28). The van der Waals surface area contributed by atoms with Gasteiger partial charge in [0, 0.05) is 19.7 Å². The number of hydrogen-bond acceptors (Lipinski definition) is 6. The number of carbonyl (C=O) groups excluding carboxylic acids is 2. The van der Waals surface area contributed by atoms with Crippen LogP contribution >= 0.6 is 0 Å². The van der Waals surface area contributed by atoms with E-state index in [1.807, 2.05) is 31.2 Å². The second-order valence-corrected chi connectivity index (χ2v) is 9.51. The summed E-state index contributed by atoms with van der Waals surface area (Å²) in [5.41, 5.74) is 2.04. The largest absolute Gasteiger partial charge is 0.497 e. The summed E-state index contributed by atoms with van der Waals surface area (Å²) in [5.74, 6) is -0.233. The maximum atomic E-state index is 13.4. The van der Waals surface area contributed by atoms with Crippen molar-refractivity contribution in [2.24, 2.45) is 0 Å². The van der Waals surface area contributed by atoms with E-state index in [2.05, 4.69) is 5.32 Å². The number of amides is 2. The number of anilines is 1. The van der Waals surface area contributed by atoms with Gasteiger partial charge in [0.2, 0.25) is 21.8 Å². The molecule has 0 aliphatic carbocycles. The minimum atomic E-state index is -3.88. The predicted octanol–water partition coefficient (Wildman–Crippen LogP) is 1.94. The molecule has 0 bridgehead atoms. The fourth-order valence-electron chi connectivity index (χ4n) is 3.27. The molecule has 0 fully saturated rings. The molecule has 0 saturated heterocycles. The Morgan fingerprint density at radius 3 is 2.21 bits per heavy atom. The molecule has 0 spiro atoms. The zero-order valence-corrected chi connectivity index (χ0v) is 20.6. The van der Waals surface area contributed by atoms with Crippen LogP contribution in [-0.2, 0) is 26.2 Å². The van der Waals surface area contributed by atoms with Crippen molar-refractivity contribution >= 4 is 27.5 Å². The number of benzene rings is 2. The van der Waals surface area contributed by atoms with E-state index in [1.54, 1.807) is 19.1 Å². The molecule has 0 aliphatic heterocycles. The third-order valence-corrected chi connectivity index (χ3v) is 6.35. The first-order chi connectivity index (χ1) is 15.5. The fourth-order valence-corrected chi connectivity index (χ4v) is 4.11. The molecule has 1 atom stereocenters. The van der Waals surface area contributed by atoms with Gasteiger partial charge in [-0.25, -0.2) is 8.42 Å². The Morgan fingerprint density at radius 2 is 1.70 bits per heavy atom. The minimum Gasteiger partial charge on any atom is -0.497 e. The van der Waals surface area contributed by atoms with Gasteiger partial charge in [-0.3, -0.25) is 13.9 Å². The van der Waals surface area contributed by atoms with Crippen LogP contribution in [0.3, 0.4) is 0 Å². The lowest BCUT2D eigenvalue weighted by atomic mass is 10.1. The van der Waals surface area contributed by atoms with Gasteiger partial charge >= 0.3 is 0 Å². The minimum absolute atomic E-state index is 0.139. The van der Waals surface area contributed by atoms with Crippen LogP contribution in [0.1, 0.15) is 18.1 Å². The summed E-state index contributed by atoms with van der Waals surface area (Å²) in [7, 11) is 0.461. The van der Waals surface area contributed by atoms with E-state index in [1.165, 1.54) is 32.2 Å². The van der Waals surface area contributed by atoms with E-state index in [4.69, 9.17) is 9.47 Å². The van der Waals surface area contributed by atoms with E-state index in [0.717, 1.165) is 21.7 Å². The van der Waals surface area contributed by atoms with Crippen LogP contribution < -0.4 is 19.1 Å². The monoisotopic (exact) mass is 477 g/mol. The molecule has 10 heteroatoms. The molecule has 0 radical (unpaired) electrons. The molecule has 0 saturated carbocycles. The summed E-state index contributed by atoms with van der Waals surface area (Å²) in [6, 6.07) is 11.4. The molecule has 0 heterocycles. The van der Waals surface area contributed by atoms with E-state index in [9.17, 15) is 18.0 Å². The smallest absolute Gasteiger partial charge is 0.244 e. The molecule has 1 unspecified atom stereocenters. The molecule has 0 aromatic heterocycles. The van der Waals surface area contributed by atoms with Crippen LogP contribution in [0.5, 0.6) is 11.5 Å². The predicted molar refractivity (Wildman–Crippen MR) is 127 cm³/mol. The first-order valence-corrected chi connectivity index (χ1v) is 12.1. The molecular formula is C23H31N3O6S. The van der Waals surface area contributed by atoms with Crippen molar-refractivity contribution in [3.8, 4) is 11.5 Å². The summed E-state index contributed by atoms with van der Waals surface area (Å²) in [6.45, 7) is 3.17. The number of likely N-dealkylation sites (N-methyl/N-ethyl adjacent to an activating group) is 1. The molecule has 2 rings (SSSR count). The van der Waals surface area contributed by atoms with Crippen LogP contribution in [0, 0.1) is 6.92 Å². The zero-order chi connectivity index (χ0) is 24.8. The average Bonchev–Trinajstić information content (AvgIpc) is 2.79. The maximum absolute atomic E-state index is 13.4. The second-order valence-electron chi connectivity index (χ2n) is 7.60. The lowest BCUT2D eigenvalue weighted by Gasteiger charge is -2.31. The number of carbonyl (C=O) groups is 2. The molecule has 33 heavy (non-hydrogen) atoms. The van der Waals surface area contributed by atoms with Crippen LogP contribution in [0.2, 0.25) is 0 Å². The van der Waals surface area contributed by atoms with Gasteiger partial charge in [0.1, 0.15) is 24.1 Å². The van der Waals surface area contributed by atoms with Crippen molar-refractivity contribution in [1.82, 2.24) is 10.2 Å². The number of nitrogens with zero attached hydrogens (tertiary/aromatic N) is 2. The van der Waals surface area contributed by atoms with Crippen molar-refractivity contribution in [1.29, 1.82) is 0 Å². The van der Waals surface area contributed by atoms with E-state index < -0.39 is 28.5 Å². The fraction of sp³-hybridized carbons (Fsp3) is 0.391. The number of hydrogen-bond donors (Lipinski definition) is 1. The summed E-state index contributed by atoms with van der Waals surface area (Å²) >= 11 is 0. The highest BCUT2D eigenvalue weighted by atomic mass is 32.2. The summed E-state index contributed by atoms with van der Waals surface area (Å²) in [4.78, 5) is 27.1. The van der Waals surface area contributed by atoms with Gasteiger partial charge < -0.3 is 19.7 Å². The highest BCUT2D eigenvalue weighted by Crippen LogP contribution is 2.33. The Kier molecular flexibility index (Phi) is 8.69. The Hall–Kier alpha value is -3.27. The van der Waals surface area contributed by atoms with Crippen LogP contribution in [-0.4, -0.2) is 65.2 Å². The lowest BCUT2D eigenvalue weighted by Crippen LogP contribution is -2.50. The highest BCUT2D eigenvalue weighted by Gasteiger charge is 2.31.